The Bertz CT molecular complexity index is 439. The van der Waals surface area contributed by atoms with Crippen LogP contribution in [-0.2, 0) is 22.6 Å². The van der Waals surface area contributed by atoms with Gasteiger partial charge in [-0.1, -0.05) is 0 Å². The molecule has 0 unspecified atom stereocenters. The number of anilines is 1. The number of aromatic nitrogens is 2. The molecule has 0 radical (unpaired) electrons. The normalized spacial score (nSPS) is 14.7. The number of hydrogen-bond acceptors (Lipinski definition) is 3. The van der Waals surface area contributed by atoms with Crippen molar-refractivity contribution in [2.45, 2.75) is 26.3 Å². The van der Waals surface area contributed by atoms with Crippen molar-refractivity contribution in [1.82, 2.24) is 9.55 Å². The van der Waals surface area contributed by atoms with Gasteiger partial charge in [0.15, 0.2) is 0 Å². The van der Waals surface area contributed by atoms with Crippen molar-refractivity contribution in [2.24, 2.45) is 0 Å². The molecular formula is C10H13N3O3. The largest absolute Gasteiger partial charge is 0.481 e. The van der Waals surface area contributed by atoms with Gasteiger partial charge in [-0.15, -0.1) is 0 Å². The number of carbonyl (C=O) groups is 2. The number of carbonyl (C=O) groups excluding carboxylic acids is 1. The van der Waals surface area contributed by atoms with E-state index in [0.29, 0.717) is 18.2 Å². The Kier molecular flexibility index (Phi) is 2.64. The molecule has 0 saturated carbocycles. The Morgan fingerprint density at radius 1 is 1.50 bits per heavy atom. The summed E-state index contributed by atoms with van der Waals surface area (Å²) in [6.45, 7) is 2.86. The van der Waals surface area contributed by atoms with Crippen LogP contribution in [-0.4, -0.2) is 33.1 Å². The number of hydrogen-bond donors (Lipinski definition) is 1. The molecule has 2 rings (SSSR count). The van der Waals surface area contributed by atoms with Crippen LogP contribution in [0, 0.1) is 0 Å². The molecule has 1 N–H and O–H groups in total. The third kappa shape index (κ3) is 1.78. The molecule has 1 aliphatic heterocycles. The van der Waals surface area contributed by atoms with Crippen LogP contribution in [0.2, 0.25) is 0 Å². The van der Waals surface area contributed by atoms with Crippen molar-refractivity contribution in [3.8, 4) is 0 Å². The minimum absolute atomic E-state index is 0.0568. The molecule has 0 aliphatic carbocycles. The summed E-state index contributed by atoms with van der Waals surface area (Å²) in [5.41, 5.74) is 0.647. The quantitative estimate of drug-likeness (QED) is 0.780. The zero-order chi connectivity index (χ0) is 11.7. The highest BCUT2D eigenvalue weighted by Gasteiger charge is 2.24. The Hall–Kier alpha value is -1.85. The first-order chi connectivity index (χ1) is 7.59. The topological polar surface area (TPSA) is 75.4 Å². The predicted octanol–water partition coefficient (Wildman–Crippen LogP) is 0.267. The molecule has 1 amide bonds. The number of nitrogens with zero attached hydrogens (tertiary/aromatic N) is 3. The van der Waals surface area contributed by atoms with E-state index in [4.69, 9.17) is 5.11 Å². The van der Waals surface area contributed by atoms with Gasteiger partial charge in [-0.25, -0.2) is 4.98 Å². The van der Waals surface area contributed by atoms with Crippen LogP contribution in [0.4, 0.5) is 5.95 Å². The van der Waals surface area contributed by atoms with Gasteiger partial charge in [-0.2, -0.15) is 0 Å². The first kappa shape index (κ1) is 10.7. The maximum atomic E-state index is 11.3. The molecule has 0 saturated heterocycles. The molecule has 0 aromatic carbocycles. The fourth-order valence-corrected chi connectivity index (χ4v) is 1.94. The van der Waals surface area contributed by atoms with Gasteiger partial charge in [0.05, 0.1) is 18.3 Å². The monoisotopic (exact) mass is 223 g/mol. The Morgan fingerprint density at radius 3 is 2.88 bits per heavy atom. The maximum absolute atomic E-state index is 11.3. The SMILES string of the molecule is CC(=O)N1CCCn2c(CC(=O)O)cnc21. The van der Waals surface area contributed by atoms with E-state index in [9.17, 15) is 9.59 Å². The van der Waals surface area contributed by atoms with Gasteiger partial charge < -0.3 is 9.67 Å². The highest BCUT2D eigenvalue weighted by molar-refractivity contribution is 5.90. The summed E-state index contributed by atoms with van der Waals surface area (Å²) in [4.78, 5) is 27.7. The molecule has 86 valence electrons. The van der Waals surface area contributed by atoms with Crippen LogP contribution in [0.5, 0.6) is 0 Å². The van der Waals surface area contributed by atoms with E-state index in [1.165, 1.54) is 13.1 Å². The van der Waals surface area contributed by atoms with Crippen LogP contribution in [0.25, 0.3) is 0 Å². The summed E-state index contributed by atoms with van der Waals surface area (Å²) < 4.78 is 1.80. The van der Waals surface area contributed by atoms with E-state index >= 15 is 0 Å². The van der Waals surface area contributed by atoms with Gasteiger partial charge >= 0.3 is 5.97 Å². The van der Waals surface area contributed by atoms with Crippen molar-refractivity contribution >= 4 is 17.8 Å². The molecule has 6 heteroatoms. The minimum Gasteiger partial charge on any atom is -0.481 e. The molecule has 0 atom stereocenters. The summed E-state index contributed by atoms with van der Waals surface area (Å²) in [7, 11) is 0. The maximum Gasteiger partial charge on any atom is 0.309 e. The van der Waals surface area contributed by atoms with E-state index in [1.807, 2.05) is 0 Å². The lowest BCUT2D eigenvalue weighted by atomic mass is 10.3. The van der Waals surface area contributed by atoms with Crippen molar-refractivity contribution in [3.05, 3.63) is 11.9 Å². The third-order valence-electron chi connectivity index (χ3n) is 2.63. The number of imidazole rings is 1. The van der Waals surface area contributed by atoms with E-state index in [0.717, 1.165) is 13.0 Å². The molecule has 1 aromatic rings. The summed E-state index contributed by atoms with van der Waals surface area (Å²) in [6, 6.07) is 0. The van der Waals surface area contributed by atoms with Gasteiger partial charge in [0, 0.05) is 20.0 Å². The van der Waals surface area contributed by atoms with Crippen molar-refractivity contribution in [1.29, 1.82) is 0 Å². The molecular weight excluding hydrogens is 210 g/mol. The van der Waals surface area contributed by atoms with Crippen LogP contribution in [0.15, 0.2) is 6.20 Å². The van der Waals surface area contributed by atoms with E-state index in [1.54, 1.807) is 9.47 Å². The van der Waals surface area contributed by atoms with Crippen LogP contribution < -0.4 is 4.90 Å². The zero-order valence-electron chi connectivity index (χ0n) is 9.01. The highest BCUT2D eigenvalue weighted by atomic mass is 16.4. The average molecular weight is 223 g/mol. The summed E-state index contributed by atoms with van der Waals surface area (Å²) in [5, 5.41) is 8.74. The fraction of sp³-hybridized carbons (Fsp3) is 0.500. The number of carboxylic acid groups (broad SMARTS) is 1. The number of carboxylic acids is 1. The van der Waals surface area contributed by atoms with E-state index in [2.05, 4.69) is 4.98 Å². The molecule has 0 fully saturated rings. The van der Waals surface area contributed by atoms with Gasteiger partial charge in [0.1, 0.15) is 0 Å². The number of aliphatic carboxylic acids is 1. The number of amides is 1. The lowest BCUT2D eigenvalue weighted by molar-refractivity contribution is -0.136. The smallest absolute Gasteiger partial charge is 0.309 e. The standard InChI is InChI=1S/C10H13N3O3/c1-7(14)12-3-2-4-13-8(5-9(15)16)6-11-10(12)13/h6H,2-5H2,1H3,(H,15,16). The number of fused-ring (bicyclic) bond motifs is 1. The Morgan fingerprint density at radius 2 is 2.25 bits per heavy atom. The Labute approximate surface area is 92.5 Å². The molecule has 2 heterocycles. The van der Waals surface area contributed by atoms with Gasteiger partial charge in [-0.3, -0.25) is 14.5 Å². The first-order valence-electron chi connectivity index (χ1n) is 5.14. The summed E-state index contributed by atoms with van der Waals surface area (Å²) in [6.07, 6.45) is 2.30. The van der Waals surface area contributed by atoms with Gasteiger partial charge in [0.2, 0.25) is 11.9 Å². The van der Waals surface area contributed by atoms with E-state index < -0.39 is 5.97 Å². The molecule has 1 aliphatic rings. The molecule has 0 bridgehead atoms. The summed E-state index contributed by atoms with van der Waals surface area (Å²) >= 11 is 0. The average Bonchev–Trinajstić information content (AvgIpc) is 2.60. The van der Waals surface area contributed by atoms with Crippen LogP contribution in [0.1, 0.15) is 19.0 Å². The van der Waals surface area contributed by atoms with Crippen LogP contribution in [0.3, 0.4) is 0 Å². The molecule has 16 heavy (non-hydrogen) atoms. The molecule has 0 spiro atoms. The zero-order valence-corrected chi connectivity index (χ0v) is 9.01. The highest BCUT2D eigenvalue weighted by Crippen LogP contribution is 2.21. The lowest BCUT2D eigenvalue weighted by Gasteiger charge is -2.26. The van der Waals surface area contributed by atoms with Crippen molar-refractivity contribution < 1.29 is 14.7 Å². The Balaban J connectivity index is 2.34. The molecule has 1 aromatic heterocycles. The number of rotatable bonds is 2. The van der Waals surface area contributed by atoms with Crippen molar-refractivity contribution in [3.63, 3.8) is 0 Å². The van der Waals surface area contributed by atoms with Crippen molar-refractivity contribution in [2.75, 3.05) is 11.4 Å². The summed E-state index contributed by atoms with van der Waals surface area (Å²) in [5.74, 6) is -0.383. The first-order valence-corrected chi connectivity index (χ1v) is 5.14. The minimum atomic E-state index is -0.886. The second kappa shape index (κ2) is 3.96. The van der Waals surface area contributed by atoms with Gasteiger partial charge in [0.25, 0.3) is 0 Å². The predicted molar refractivity (Wildman–Crippen MR) is 56.2 cm³/mol. The van der Waals surface area contributed by atoms with E-state index in [-0.39, 0.29) is 12.3 Å². The molecule has 6 nitrogen and oxygen atoms in total. The second-order valence-electron chi connectivity index (χ2n) is 3.80. The third-order valence-corrected chi connectivity index (χ3v) is 2.63. The fourth-order valence-electron chi connectivity index (χ4n) is 1.94. The van der Waals surface area contributed by atoms with Gasteiger partial charge in [-0.05, 0) is 6.42 Å². The lowest BCUT2D eigenvalue weighted by Crippen LogP contribution is -2.36. The van der Waals surface area contributed by atoms with Crippen LogP contribution >= 0.6 is 0 Å². The second-order valence-corrected chi connectivity index (χ2v) is 3.80.